The van der Waals surface area contributed by atoms with Crippen LogP contribution in [0.15, 0.2) is 48.4 Å². The zero-order valence-electron chi connectivity index (χ0n) is 31.3. The highest BCUT2D eigenvalue weighted by atomic mass is 28.4. The summed E-state index contributed by atoms with van der Waals surface area (Å²) in [6.45, 7) is -0.814. The fraction of sp³-hybridized carbons (Fsp3) is 0.576. The molecule has 0 amide bonds. The van der Waals surface area contributed by atoms with Crippen molar-refractivity contribution in [2.75, 3.05) is 86.3 Å². The summed E-state index contributed by atoms with van der Waals surface area (Å²) in [5.74, 6) is -1.91. The Kier molecular flexibility index (Phi) is 18.7. The Labute approximate surface area is 317 Å². The largest absolute Gasteiger partial charge is 0.508 e. The van der Waals surface area contributed by atoms with Crippen LogP contribution < -0.4 is 10.6 Å². The molecule has 6 N–H and O–H groups in total. The molecule has 0 aliphatic heterocycles. The number of aliphatic hydroxyl groups excluding tert-OH is 2. The van der Waals surface area contributed by atoms with E-state index in [0.29, 0.717) is 61.3 Å². The molecule has 0 heterocycles. The van der Waals surface area contributed by atoms with E-state index in [4.69, 9.17) is 36.0 Å². The van der Waals surface area contributed by atoms with Crippen molar-refractivity contribution in [3.05, 3.63) is 59.5 Å². The average molecular weight is 837 g/mol. The number of rotatable bonds is 25. The number of ether oxygens (including phenoxy) is 2. The van der Waals surface area contributed by atoms with Gasteiger partial charge in [0.05, 0.1) is 24.1 Å². The van der Waals surface area contributed by atoms with E-state index in [1.165, 1.54) is 42.7 Å². The van der Waals surface area contributed by atoms with Crippen LogP contribution >= 0.6 is 0 Å². The number of hydrogen-bond acceptors (Lipinski definition) is 14. The smallest absolute Gasteiger partial charge is 0.500 e. The van der Waals surface area contributed by atoms with Gasteiger partial charge in [-0.3, -0.25) is 0 Å². The van der Waals surface area contributed by atoms with E-state index >= 15 is 0 Å². The molecule has 2 aromatic carbocycles. The van der Waals surface area contributed by atoms with Crippen LogP contribution in [0, 0.1) is 0 Å². The molecule has 1 unspecified atom stereocenters. The molecule has 0 radical (unpaired) electrons. The lowest BCUT2D eigenvalue weighted by Crippen LogP contribution is -2.54. The molecular weight excluding hydrogens is 787 g/mol. The molecule has 22 heteroatoms. The van der Waals surface area contributed by atoms with Gasteiger partial charge in [0.25, 0.3) is 0 Å². The number of halogens is 6. The van der Waals surface area contributed by atoms with Crippen LogP contribution in [0.25, 0.3) is 0 Å². The maximum absolute atomic E-state index is 15.0. The number of phenols is 2. The third kappa shape index (κ3) is 12.4. The van der Waals surface area contributed by atoms with Crippen molar-refractivity contribution in [3.63, 3.8) is 0 Å². The van der Waals surface area contributed by atoms with Crippen LogP contribution in [0.1, 0.15) is 24.0 Å². The third-order valence-corrected chi connectivity index (χ3v) is 14.3. The van der Waals surface area contributed by atoms with Crippen LogP contribution in [0.5, 0.6) is 11.5 Å². The summed E-state index contributed by atoms with van der Waals surface area (Å²) < 4.78 is 132. The van der Waals surface area contributed by atoms with Gasteiger partial charge in [-0.15, -0.1) is 0 Å². The first-order valence-corrected chi connectivity index (χ1v) is 20.5. The van der Waals surface area contributed by atoms with E-state index in [-0.39, 0.29) is 19.8 Å². The van der Waals surface area contributed by atoms with Crippen molar-refractivity contribution < 1.29 is 82.8 Å². The minimum Gasteiger partial charge on any atom is -0.508 e. The number of hydrogen-bond donors (Lipinski definition) is 6. The van der Waals surface area contributed by atoms with Crippen LogP contribution in [0.4, 0.5) is 37.7 Å². The second kappa shape index (κ2) is 21.4. The van der Waals surface area contributed by atoms with Gasteiger partial charge in [0.1, 0.15) is 23.9 Å². The summed E-state index contributed by atoms with van der Waals surface area (Å²) in [6.07, 6.45) is -11.6. The van der Waals surface area contributed by atoms with Crippen molar-refractivity contribution in [1.29, 1.82) is 0 Å². The Morgan fingerprint density at radius 2 is 1.15 bits per heavy atom. The molecule has 0 saturated heterocycles. The lowest BCUT2D eigenvalue weighted by molar-refractivity contribution is -0.288. The molecule has 2 aromatic rings. The number of nitrogens with one attached hydrogen (secondary N) is 2. The fourth-order valence-corrected chi connectivity index (χ4v) is 8.94. The zero-order valence-corrected chi connectivity index (χ0v) is 33.3. The first-order valence-electron chi connectivity index (χ1n) is 16.7. The normalized spacial score (nSPS) is 13.9. The number of alkyl halides is 6. The molecular formula is C33H50F6N2O12Si2. The third-order valence-electron chi connectivity index (χ3n) is 8.60. The number of anilines is 2. The van der Waals surface area contributed by atoms with Crippen molar-refractivity contribution in [2.45, 2.75) is 48.8 Å². The summed E-state index contributed by atoms with van der Waals surface area (Å²) in [4.78, 5) is 0. The molecule has 2 rings (SSSR count). The summed E-state index contributed by atoms with van der Waals surface area (Å²) in [5.41, 5.74) is -8.48. The van der Waals surface area contributed by atoms with Gasteiger partial charge < -0.3 is 67.1 Å². The summed E-state index contributed by atoms with van der Waals surface area (Å²) >= 11 is 0. The Hall–Kier alpha value is -3.17. The first-order chi connectivity index (χ1) is 25.8. The van der Waals surface area contributed by atoms with E-state index in [2.05, 4.69) is 10.6 Å². The van der Waals surface area contributed by atoms with Crippen molar-refractivity contribution in [1.82, 2.24) is 0 Å². The number of aromatic hydroxyl groups is 2. The fourth-order valence-electron chi connectivity index (χ4n) is 5.56. The lowest BCUT2D eigenvalue weighted by Gasteiger charge is -2.38. The van der Waals surface area contributed by atoms with Gasteiger partial charge >= 0.3 is 30.0 Å². The van der Waals surface area contributed by atoms with Crippen molar-refractivity contribution in [3.8, 4) is 11.5 Å². The molecule has 14 nitrogen and oxygen atoms in total. The highest BCUT2D eigenvalue weighted by Crippen LogP contribution is 2.57. The number of aliphatic hydroxyl groups is 2. The predicted octanol–water partition coefficient (Wildman–Crippen LogP) is 5.66. The predicted molar refractivity (Wildman–Crippen MR) is 192 cm³/mol. The van der Waals surface area contributed by atoms with Crippen LogP contribution in [0.2, 0.25) is 12.1 Å². The summed E-state index contributed by atoms with van der Waals surface area (Å²) in [6, 6.07) is 3.97. The minimum atomic E-state index is -6.02. The molecule has 0 fully saturated rings. The van der Waals surface area contributed by atoms with Crippen LogP contribution in [-0.2, 0) is 41.4 Å². The van der Waals surface area contributed by atoms with Crippen LogP contribution in [-0.4, -0.2) is 132 Å². The van der Waals surface area contributed by atoms with Gasteiger partial charge in [0, 0.05) is 80.7 Å². The van der Waals surface area contributed by atoms with Crippen molar-refractivity contribution in [2.24, 2.45) is 0 Å². The van der Waals surface area contributed by atoms with E-state index in [1.54, 1.807) is 0 Å². The molecule has 55 heavy (non-hydrogen) atoms. The van der Waals surface area contributed by atoms with Gasteiger partial charge in [0.15, 0.2) is 0 Å². The molecule has 0 aliphatic carbocycles. The van der Waals surface area contributed by atoms with E-state index in [1.807, 2.05) is 0 Å². The topological polar surface area (TPSA) is 179 Å². The Morgan fingerprint density at radius 3 is 1.60 bits per heavy atom. The highest BCUT2D eigenvalue weighted by molar-refractivity contribution is 6.60. The van der Waals surface area contributed by atoms with Gasteiger partial charge in [0.2, 0.25) is 5.41 Å². The van der Waals surface area contributed by atoms with Gasteiger partial charge in [-0.1, -0.05) is 12.1 Å². The van der Waals surface area contributed by atoms with Gasteiger partial charge in [-0.2, -0.15) is 26.3 Å². The summed E-state index contributed by atoms with van der Waals surface area (Å²) in [7, 11) is 2.94. The van der Waals surface area contributed by atoms with E-state index in [0.717, 1.165) is 6.20 Å². The molecule has 0 spiro atoms. The highest BCUT2D eigenvalue weighted by Gasteiger charge is 2.72. The molecule has 0 bridgehead atoms. The van der Waals surface area contributed by atoms with Gasteiger partial charge in [-0.05, 0) is 48.2 Å². The van der Waals surface area contributed by atoms with Crippen LogP contribution in [0.3, 0.4) is 0 Å². The number of phenolic OH excluding ortho intramolecular Hbond substituents is 2. The standard InChI is InChI=1S/C33H50F6N2O12Si2/c1-46-54(47-2,48-3)15-7-13-52-21-25(42)19-40-27-17-23(9-11-29(27)44)31(32(34,35)36,33(37,38)39)24-10-12-30(45)28(18-24)41-20-26(43)22-53-14-8-16-55(49-4,50-5)51-6/h9-12,17-19,26,40-45H,7-8,13-16,20-22H2,1-6H3/b25-19-. The second-order valence-corrected chi connectivity index (χ2v) is 18.1. The average Bonchev–Trinajstić information content (AvgIpc) is 3.14. The quantitative estimate of drug-likeness (QED) is 0.0237. The first kappa shape index (κ1) is 48.0. The second-order valence-electron chi connectivity index (χ2n) is 11.9. The molecule has 314 valence electrons. The Bertz CT molecular complexity index is 1470. The molecule has 0 aliphatic rings. The zero-order chi connectivity index (χ0) is 41.5. The van der Waals surface area contributed by atoms with E-state index < -0.39 is 94.4 Å². The Morgan fingerprint density at radius 1 is 0.709 bits per heavy atom. The number of benzene rings is 2. The minimum absolute atomic E-state index is 0.112. The maximum Gasteiger partial charge on any atom is 0.500 e. The molecule has 0 saturated carbocycles. The SMILES string of the molecule is CO[Si](CCCOC/C(O)=C/Nc1cc(C(c2ccc(O)c(NCC(O)COCCC[Si](OC)(OC)OC)c2)(C(F)(F)F)C(F)(F)F)ccc1O)(OC)OC. The molecule has 1 atom stereocenters. The van der Waals surface area contributed by atoms with Crippen molar-refractivity contribution >= 4 is 29.0 Å². The summed E-state index contributed by atoms with van der Waals surface area (Å²) in [5, 5.41) is 46.2. The van der Waals surface area contributed by atoms with E-state index in [9.17, 15) is 46.8 Å². The Balaban J connectivity index is 2.28. The monoisotopic (exact) mass is 836 g/mol. The van der Waals surface area contributed by atoms with Gasteiger partial charge in [-0.25, -0.2) is 0 Å². The lowest BCUT2D eigenvalue weighted by atomic mass is 9.72. The molecule has 0 aromatic heterocycles. The maximum atomic E-state index is 15.0.